The van der Waals surface area contributed by atoms with E-state index in [9.17, 15) is 9.59 Å². The van der Waals surface area contributed by atoms with Crippen molar-refractivity contribution in [2.24, 2.45) is 0 Å². The minimum Gasteiger partial charge on any atom is -0.491 e. The topological polar surface area (TPSA) is 61.9 Å². The number of rotatable bonds is 8. The van der Waals surface area contributed by atoms with Crippen LogP contribution in [0.1, 0.15) is 16.8 Å². The zero-order valence-corrected chi connectivity index (χ0v) is 17.2. The van der Waals surface area contributed by atoms with Crippen molar-refractivity contribution in [1.29, 1.82) is 0 Å². The first-order chi connectivity index (χ1) is 13.6. The first-order valence-corrected chi connectivity index (χ1v) is 10.6. The van der Waals surface area contributed by atoms with Gasteiger partial charge in [0.15, 0.2) is 0 Å². The number of halogens is 1. The Morgan fingerprint density at radius 2 is 1.93 bits per heavy atom. The Labute approximate surface area is 174 Å². The van der Waals surface area contributed by atoms with Crippen LogP contribution < -0.4 is 10.1 Å². The first-order valence-electron chi connectivity index (χ1n) is 9.31. The minimum absolute atomic E-state index is 0.0811. The smallest absolute Gasteiger partial charge is 0.252 e. The fourth-order valence-corrected chi connectivity index (χ4v) is 3.83. The van der Waals surface area contributed by atoms with Crippen LogP contribution in [0.15, 0.2) is 41.1 Å². The lowest BCUT2D eigenvalue weighted by molar-refractivity contribution is -0.132. The van der Waals surface area contributed by atoms with Gasteiger partial charge in [-0.3, -0.25) is 14.5 Å². The molecule has 1 aliphatic heterocycles. The molecule has 0 spiro atoms. The van der Waals surface area contributed by atoms with Crippen LogP contribution in [0, 0.1) is 0 Å². The number of piperazine rings is 1. The highest BCUT2D eigenvalue weighted by molar-refractivity contribution is 7.08. The number of ether oxygens (including phenoxy) is 1. The maximum Gasteiger partial charge on any atom is 0.252 e. The van der Waals surface area contributed by atoms with E-state index < -0.39 is 0 Å². The van der Waals surface area contributed by atoms with E-state index in [-0.39, 0.29) is 11.8 Å². The second-order valence-electron chi connectivity index (χ2n) is 6.52. The van der Waals surface area contributed by atoms with Crippen LogP contribution in [-0.2, 0) is 4.79 Å². The van der Waals surface area contributed by atoms with Crippen molar-refractivity contribution in [3.63, 3.8) is 0 Å². The third-order valence-electron chi connectivity index (χ3n) is 4.63. The molecule has 2 amide bonds. The maximum absolute atomic E-state index is 12.3. The molecule has 2 aromatic rings. The van der Waals surface area contributed by atoms with Gasteiger partial charge in [0.1, 0.15) is 12.4 Å². The number of benzene rings is 1. The number of carbonyl (C=O) groups is 2. The molecule has 1 saturated heterocycles. The third-order valence-corrected chi connectivity index (χ3v) is 5.63. The molecule has 1 N–H and O–H groups in total. The summed E-state index contributed by atoms with van der Waals surface area (Å²) in [6.07, 6.45) is 0.325. The average Bonchev–Trinajstić information content (AvgIpc) is 3.25. The van der Waals surface area contributed by atoms with Gasteiger partial charge in [0.25, 0.3) is 5.91 Å². The zero-order valence-electron chi connectivity index (χ0n) is 15.6. The predicted octanol–water partition coefficient (Wildman–Crippen LogP) is 2.74. The fourth-order valence-electron chi connectivity index (χ4n) is 3.00. The first kappa shape index (κ1) is 20.6. The Balaban J connectivity index is 1.30. The van der Waals surface area contributed by atoms with Crippen molar-refractivity contribution >= 4 is 34.8 Å². The minimum atomic E-state index is -0.127. The second kappa shape index (κ2) is 10.5. The van der Waals surface area contributed by atoms with Crippen LogP contribution in [0.2, 0.25) is 5.02 Å². The molecular weight excluding hydrogens is 398 g/mol. The van der Waals surface area contributed by atoms with E-state index in [0.29, 0.717) is 49.0 Å². The lowest BCUT2D eigenvalue weighted by Crippen LogP contribution is -2.50. The fraction of sp³-hybridized carbons (Fsp3) is 0.400. The average molecular weight is 422 g/mol. The number of para-hydroxylation sites is 1. The number of thiophene rings is 1. The zero-order chi connectivity index (χ0) is 19.8. The SMILES string of the molecule is O=C(NCCC(=O)N1CCN(CCOc2ccccc2Cl)CC1)c1ccsc1. The van der Waals surface area contributed by atoms with Gasteiger partial charge in [-0.2, -0.15) is 11.3 Å². The van der Waals surface area contributed by atoms with Crippen molar-refractivity contribution in [1.82, 2.24) is 15.1 Å². The standard InChI is InChI=1S/C20H24ClN3O3S/c21-17-3-1-2-4-18(17)27-13-12-23-8-10-24(11-9-23)19(25)5-7-22-20(26)16-6-14-28-15-16/h1-4,6,14-15H,5,7-13H2,(H,22,26). The Hall–Kier alpha value is -2.09. The number of carbonyl (C=O) groups excluding carboxylic acids is 2. The second-order valence-corrected chi connectivity index (χ2v) is 7.71. The largest absolute Gasteiger partial charge is 0.491 e. The molecule has 0 unspecified atom stereocenters. The number of hydrogen-bond donors (Lipinski definition) is 1. The van der Waals surface area contributed by atoms with Gasteiger partial charge in [0.2, 0.25) is 5.91 Å². The van der Waals surface area contributed by atoms with Gasteiger partial charge >= 0.3 is 0 Å². The van der Waals surface area contributed by atoms with Crippen LogP contribution in [0.4, 0.5) is 0 Å². The van der Waals surface area contributed by atoms with Crippen molar-refractivity contribution in [2.75, 3.05) is 45.9 Å². The van der Waals surface area contributed by atoms with E-state index >= 15 is 0 Å². The number of nitrogens with zero attached hydrogens (tertiary/aromatic N) is 2. The van der Waals surface area contributed by atoms with Crippen LogP contribution >= 0.6 is 22.9 Å². The van der Waals surface area contributed by atoms with Gasteiger partial charge in [-0.05, 0) is 23.6 Å². The Bertz CT molecular complexity index is 777. The van der Waals surface area contributed by atoms with Gasteiger partial charge in [0, 0.05) is 56.6 Å². The van der Waals surface area contributed by atoms with Gasteiger partial charge < -0.3 is 15.0 Å². The molecule has 28 heavy (non-hydrogen) atoms. The van der Waals surface area contributed by atoms with Gasteiger partial charge in [0.05, 0.1) is 5.02 Å². The molecular formula is C20H24ClN3O3S. The Morgan fingerprint density at radius 1 is 1.14 bits per heavy atom. The summed E-state index contributed by atoms with van der Waals surface area (Å²) in [5.74, 6) is 0.650. The molecule has 0 radical (unpaired) electrons. The normalized spacial score (nSPS) is 14.7. The third kappa shape index (κ3) is 5.95. The summed E-state index contributed by atoms with van der Waals surface area (Å²) in [5, 5.41) is 7.07. The number of hydrogen-bond acceptors (Lipinski definition) is 5. The lowest BCUT2D eigenvalue weighted by atomic mass is 10.2. The van der Waals surface area contributed by atoms with Crippen LogP contribution in [-0.4, -0.2) is 67.5 Å². The summed E-state index contributed by atoms with van der Waals surface area (Å²) in [4.78, 5) is 28.3. The molecule has 0 aliphatic carbocycles. The van der Waals surface area contributed by atoms with E-state index in [2.05, 4.69) is 10.2 Å². The van der Waals surface area contributed by atoms with E-state index in [4.69, 9.17) is 16.3 Å². The molecule has 8 heteroatoms. The van der Waals surface area contributed by atoms with E-state index in [0.717, 1.165) is 19.6 Å². The summed E-state index contributed by atoms with van der Waals surface area (Å²) in [6, 6.07) is 9.21. The Kier molecular flexibility index (Phi) is 7.71. The molecule has 0 atom stereocenters. The summed E-state index contributed by atoms with van der Waals surface area (Å²) in [5.41, 5.74) is 0.644. The maximum atomic E-state index is 12.3. The molecule has 1 aliphatic rings. The Morgan fingerprint density at radius 3 is 2.64 bits per heavy atom. The molecule has 1 aromatic carbocycles. The summed E-state index contributed by atoms with van der Waals surface area (Å²) < 4.78 is 5.73. The van der Waals surface area contributed by atoms with E-state index in [1.54, 1.807) is 11.4 Å². The lowest BCUT2D eigenvalue weighted by Gasteiger charge is -2.34. The summed E-state index contributed by atoms with van der Waals surface area (Å²) in [6.45, 7) is 4.75. The molecule has 6 nitrogen and oxygen atoms in total. The predicted molar refractivity (Wildman–Crippen MR) is 111 cm³/mol. The molecule has 0 bridgehead atoms. The van der Waals surface area contributed by atoms with Crippen LogP contribution in [0.25, 0.3) is 0 Å². The van der Waals surface area contributed by atoms with Crippen molar-refractivity contribution < 1.29 is 14.3 Å². The molecule has 150 valence electrons. The molecule has 3 rings (SSSR count). The summed E-state index contributed by atoms with van der Waals surface area (Å²) >= 11 is 7.56. The highest BCUT2D eigenvalue weighted by Gasteiger charge is 2.21. The summed E-state index contributed by atoms with van der Waals surface area (Å²) in [7, 11) is 0. The molecule has 0 saturated carbocycles. The molecule has 2 heterocycles. The highest BCUT2D eigenvalue weighted by atomic mass is 35.5. The van der Waals surface area contributed by atoms with Crippen molar-refractivity contribution in [3.8, 4) is 5.75 Å². The van der Waals surface area contributed by atoms with Gasteiger partial charge in [-0.25, -0.2) is 0 Å². The van der Waals surface area contributed by atoms with Crippen LogP contribution in [0.3, 0.4) is 0 Å². The van der Waals surface area contributed by atoms with E-state index in [1.165, 1.54) is 11.3 Å². The van der Waals surface area contributed by atoms with Gasteiger partial charge in [-0.1, -0.05) is 23.7 Å². The molecule has 1 fully saturated rings. The molecule has 1 aromatic heterocycles. The van der Waals surface area contributed by atoms with Crippen molar-refractivity contribution in [2.45, 2.75) is 6.42 Å². The van der Waals surface area contributed by atoms with Gasteiger partial charge in [-0.15, -0.1) is 0 Å². The van der Waals surface area contributed by atoms with E-state index in [1.807, 2.05) is 34.5 Å². The monoisotopic (exact) mass is 421 g/mol. The number of amides is 2. The van der Waals surface area contributed by atoms with Crippen LogP contribution in [0.5, 0.6) is 5.75 Å². The van der Waals surface area contributed by atoms with Crippen molar-refractivity contribution in [3.05, 3.63) is 51.7 Å². The highest BCUT2D eigenvalue weighted by Crippen LogP contribution is 2.22. The quantitative estimate of drug-likeness (QED) is 0.712. The number of nitrogens with one attached hydrogen (secondary N) is 1.